The van der Waals surface area contributed by atoms with Crippen molar-refractivity contribution < 1.29 is 19.1 Å². The summed E-state index contributed by atoms with van der Waals surface area (Å²) in [4.78, 5) is 23.7. The quantitative estimate of drug-likeness (QED) is 0.711. The third-order valence-electron chi connectivity index (χ3n) is 3.90. The molecule has 3 rings (SSSR count). The van der Waals surface area contributed by atoms with Crippen LogP contribution in [0.4, 0.5) is 4.39 Å². The van der Waals surface area contributed by atoms with Crippen molar-refractivity contribution in [3.8, 4) is 0 Å². The number of rotatable bonds is 6. The van der Waals surface area contributed by atoms with Gasteiger partial charge in [0.05, 0.1) is 6.42 Å². The van der Waals surface area contributed by atoms with Gasteiger partial charge in [-0.25, -0.2) is 9.18 Å². The zero-order valence-electron chi connectivity index (χ0n) is 13.2. The molecule has 6 heteroatoms. The maximum absolute atomic E-state index is 12.9. The maximum atomic E-state index is 12.9. The minimum absolute atomic E-state index is 0.103. The average Bonchev–Trinajstić information content (AvgIpc) is 2.99. The monoisotopic (exact) mass is 357 g/mol. The SMILES string of the molecule is O=C(Cc1csc2ccccc12)NC(Cc1ccc(F)cc1)C(=O)O. The lowest BCUT2D eigenvalue weighted by Gasteiger charge is -2.14. The van der Waals surface area contributed by atoms with Crippen molar-refractivity contribution >= 4 is 33.3 Å². The van der Waals surface area contributed by atoms with E-state index in [-0.39, 0.29) is 24.6 Å². The van der Waals surface area contributed by atoms with Gasteiger partial charge in [0.25, 0.3) is 0 Å². The van der Waals surface area contributed by atoms with Crippen molar-refractivity contribution in [2.45, 2.75) is 18.9 Å². The fourth-order valence-electron chi connectivity index (χ4n) is 2.64. The lowest BCUT2D eigenvalue weighted by molar-refractivity contribution is -0.141. The van der Waals surface area contributed by atoms with Crippen LogP contribution in [0, 0.1) is 5.82 Å². The van der Waals surface area contributed by atoms with Crippen molar-refractivity contribution in [2.75, 3.05) is 0 Å². The van der Waals surface area contributed by atoms with Gasteiger partial charge in [0.1, 0.15) is 11.9 Å². The molecule has 3 aromatic rings. The van der Waals surface area contributed by atoms with E-state index >= 15 is 0 Å². The summed E-state index contributed by atoms with van der Waals surface area (Å²) < 4.78 is 14.0. The van der Waals surface area contributed by atoms with Crippen LogP contribution in [0.1, 0.15) is 11.1 Å². The second-order valence-corrected chi connectivity index (χ2v) is 6.63. The van der Waals surface area contributed by atoms with Crippen LogP contribution in [-0.2, 0) is 22.4 Å². The van der Waals surface area contributed by atoms with E-state index in [1.807, 2.05) is 29.6 Å². The molecule has 0 saturated carbocycles. The van der Waals surface area contributed by atoms with Crippen LogP contribution in [0.2, 0.25) is 0 Å². The van der Waals surface area contributed by atoms with Crippen molar-refractivity contribution in [1.29, 1.82) is 0 Å². The van der Waals surface area contributed by atoms with Crippen LogP contribution in [0.3, 0.4) is 0 Å². The molecule has 1 aromatic heterocycles. The molecular weight excluding hydrogens is 341 g/mol. The Balaban J connectivity index is 1.68. The highest BCUT2D eigenvalue weighted by Crippen LogP contribution is 2.25. The molecular formula is C19H16FNO3S. The van der Waals surface area contributed by atoms with E-state index in [1.165, 1.54) is 24.3 Å². The minimum Gasteiger partial charge on any atom is -0.480 e. The van der Waals surface area contributed by atoms with E-state index in [2.05, 4.69) is 5.32 Å². The van der Waals surface area contributed by atoms with Crippen molar-refractivity contribution in [3.05, 3.63) is 70.9 Å². The summed E-state index contributed by atoms with van der Waals surface area (Å²) >= 11 is 1.55. The summed E-state index contributed by atoms with van der Waals surface area (Å²) in [6, 6.07) is 12.3. The minimum atomic E-state index is -1.12. The number of carboxylic acids is 1. The molecule has 4 nitrogen and oxygen atoms in total. The first-order chi connectivity index (χ1) is 12.0. The Bertz CT molecular complexity index is 904. The Morgan fingerprint density at radius 1 is 1.12 bits per heavy atom. The molecule has 0 saturated heterocycles. The van der Waals surface area contributed by atoms with Gasteiger partial charge in [-0.3, -0.25) is 4.79 Å². The van der Waals surface area contributed by atoms with E-state index in [0.717, 1.165) is 15.6 Å². The Hall–Kier alpha value is -2.73. The predicted molar refractivity (Wildman–Crippen MR) is 95.2 cm³/mol. The molecule has 0 fully saturated rings. The normalized spacial score (nSPS) is 12.0. The summed E-state index contributed by atoms with van der Waals surface area (Å²) in [6.45, 7) is 0. The molecule has 2 aromatic carbocycles. The summed E-state index contributed by atoms with van der Waals surface area (Å²) in [7, 11) is 0. The fraction of sp³-hybridized carbons (Fsp3) is 0.158. The first-order valence-corrected chi connectivity index (χ1v) is 8.62. The van der Waals surface area contributed by atoms with Gasteiger partial charge in [-0.05, 0) is 40.1 Å². The zero-order chi connectivity index (χ0) is 17.8. The van der Waals surface area contributed by atoms with Gasteiger partial charge >= 0.3 is 5.97 Å². The number of aliphatic carboxylic acids is 1. The van der Waals surface area contributed by atoms with Gasteiger partial charge < -0.3 is 10.4 Å². The number of carbonyl (C=O) groups is 2. The number of thiophene rings is 1. The molecule has 0 aliphatic heterocycles. The van der Waals surface area contributed by atoms with Gasteiger partial charge in [0, 0.05) is 11.1 Å². The van der Waals surface area contributed by atoms with E-state index in [1.54, 1.807) is 11.3 Å². The lowest BCUT2D eigenvalue weighted by atomic mass is 10.0. The molecule has 25 heavy (non-hydrogen) atoms. The van der Waals surface area contributed by atoms with Crippen LogP contribution in [0.25, 0.3) is 10.1 Å². The van der Waals surface area contributed by atoms with Crippen LogP contribution in [-0.4, -0.2) is 23.0 Å². The molecule has 0 bridgehead atoms. The highest BCUT2D eigenvalue weighted by molar-refractivity contribution is 7.17. The Morgan fingerprint density at radius 3 is 2.56 bits per heavy atom. The average molecular weight is 357 g/mol. The summed E-state index contributed by atoms with van der Waals surface area (Å²) in [5, 5.41) is 14.8. The smallest absolute Gasteiger partial charge is 0.326 e. The molecule has 2 N–H and O–H groups in total. The first kappa shape index (κ1) is 17.1. The molecule has 1 amide bonds. The third kappa shape index (κ3) is 4.22. The first-order valence-electron chi connectivity index (χ1n) is 7.74. The Kier molecular flexibility index (Phi) is 5.09. The number of hydrogen-bond acceptors (Lipinski definition) is 3. The topological polar surface area (TPSA) is 66.4 Å². The van der Waals surface area contributed by atoms with Gasteiger partial charge in [0.2, 0.25) is 5.91 Å². The fourth-order valence-corrected chi connectivity index (χ4v) is 3.61. The summed E-state index contributed by atoms with van der Waals surface area (Å²) in [5.74, 6) is -1.85. The molecule has 0 spiro atoms. The van der Waals surface area contributed by atoms with Gasteiger partial charge in [0.15, 0.2) is 0 Å². The maximum Gasteiger partial charge on any atom is 0.326 e. The predicted octanol–water partition coefficient (Wildman–Crippen LogP) is 3.40. The molecule has 0 aliphatic carbocycles. The number of hydrogen-bond donors (Lipinski definition) is 2. The Labute approximate surface area is 147 Å². The number of carbonyl (C=O) groups excluding carboxylic acids is 1. The van der Waals surface area contributed by atoms with Crippen molar-refractivity contribution in [2.24, 2.45) is 0 Å². The van der Waals surface area contributed by atoms with Gasteiger partial charge in [-0.15, -0.1) is 11.3 Å². The van der Waals surface area contributed by atoms with Crippen LogP contribution < -0.4 is 5.32 Å². The van der Waals surface area contributed by atoms with Crippen molar-refractivity contribution in [3.63, 3.8) is 0 Å². The number of nitrogens with one attached hydrogen (secondary N) is 1. The largest absolute Gasteiger partial charge is 0.480 e. The van der Waals surface area contributed by atoms with Crippen LogP contribution in [0.15, 0.2) is 53.9 Å². The van der Waals surface area contributed by atoms with E-state index < -0.39 is 12.0 Å². The highest BCUT2D eigenvalue weighted by Gasteiger charge is 2.21. The number of halogens is 1. The lowest BCUT2D eigenvalue weighted by Crippen LogP contribution is -2.43. The van der Waals surface area contributed by atoms with Crippen LogP contribution in [0.5, 0.6) is 0 Å². The highest BCUT2D eigenvalue weighted by atomic mass is 32.1. The molecule has 128 valence electrons. The van der Waals surface area contributed by atoms with Crippen LogP contribution >= 0.6 is 11.3 Å². The molecule has 0 aliphatic rings. The summed E-state index contributed by atoms with van der Waals surface area (Å²) in [6.07, 6.45) is 0.225. The number of fused-ring (bicyclic) bond motifs is 1. The van der Waals surface area contributed by atoms with E-state index in [4.69, 9.17) is 0 Å². The summed E-state index contributed by atoms with van der Waals surface area (Å²) in [5.41, 5.74) is 1.53. The molecule has 1 atom stereocenters. The molecule has 1 heterocycles. The van der Waals surface area contributed by atoms with Crippen molar-refractivity contribution in [1.82, 2.24) is 5.32 Å². The second kappa shape index (κ2) is 7.44. The van der Waals surface area contributed by atoms with Gasteiger partial charge in [-0.1, -0.05) is 30.3 Å². The van der Waals surface area contributed by atoms with E-state index in [9.17, 15) is 19.1 Å². The molecule has 0 radical (unpaired) electrons. The number of carboxylic acid groups (broad SMARTS) is 1. The van der Waals surface area contributed by atoms with Gasteiger partial charge in [-0.2, -0.15) is 0 Å². The molecule has 1 unspecified atom stereocenters. The number of amides is 1. The zero-order valence-corrected chi connectivity index (χ0v) is 14.1. The third-order valence-corrected chi connectivity index (χ3v) is 4.91. The Morgan fingerprint density at radius 2 is 1.84 bits per heavy atom. The standard InChI is InChI=1S/C19H16FNO3S/c20-14-7-5-12(6-8-14)9-16(19(23)24)21-18(22)10-13-11-25-17-4-2-1-3-15(13)17/h1-8,11,16H,9-10H2,(H,21,22)(H,23,24). The second-order valence-electron chi connectivity index (χ2n) is 5.72. The number of benzene rings is 2. The van der Waals surface area contributed by atoms with E-state index in [0.29, 0.717) is 5.56 Å².